The van der Waals surface area contributed by atoms with Crippen molar-refractivity contribution < 1.29 is 9.59 Å². The first-order chi connectivity index (χ1) is 13.0. The Morgan fingerprint density at radius 1 is 1.07 bits per heavy atom. The molecular formula is C20H21N5O2. The molecule has 0 aliphatic heterocycles. The van der Waals surface area contributed by atoms with Crippen molar-refractivity contribution in [3.63, 3.8) is 0 Å². The van der Waals surface area contributed by atoms with Crippen LogP contribution in [0.5, 0.6) is 0 Å². The van der Waals surface area contributed by atoms with Crippen LogP contribution in [-0.2, 0) is 9.59 Å². The average Bonchev–Trinajstić information content (AvgIpc) is 3.17. The standard InChI is InChI=1S/C20H21N5O2/c1-14-3-5-16(6-4-14)19(23-15(2)26)11-20(27)24-17-7-9-18(10-8-17)25-13-21-12-22-25/h3-10,12-13,19H,11H2,1-2H3,(H,23,26)(H,24,27). The molecule has 0 radical (unpaired) electrons. The van der Waals surface area contributed by atoms with Gasteiger partial charge in [-0.3, -0.25) is 9.59 Å². The molecule has 0 aliphatic rings. The predicted molar refractivity (Wildman–Crippen MR) is 102 cm³/mol. The topological polar surface area (TPSA) is 88.9 Å². The zero-order chi connectivity index (χ0) is 19.2. The predicted octanol–water partition coefficient (Wildman–Crippen LogP) is 2.78. The molecule has 1 unspecified atom stereocenters. The fraction of sp³-hybridized carbons (Fsp3) is 0.200. The van der Waals surface area contributed by atoms with E-state index in [2.05, 4.69) is 20.7 Å². The molecule has 27 heavy (non-hydrogen) atoms. The third kappa shape index (κ3) is 5.01. The summed E-state index contributed by atoms with van der Waals surface area (Å²) in [5.74, 6) is -0.353. The quantitative estimate of drug-likeness (QED) is 0.705. The van der Waals surface area contributed by atoms with Crippen molar-refractivity contribution in [2.24, 2.45) is 0 Å². The van der Waals surface area contributed by atoms with Crippen LogP contribution in [0.3, 0.4) is 0 Å². The molecule has 1 heterocycles. The van der Waals surface area contributed by atoms with Crippen LogP contribution in [0.15, 0.2) is 61.2 Å². The smallest absolute Gasteiger partial charge is 0.226 e. The second-order valence-electron chi connectivity index (χ2n) is 6.30. The maximum absolute atomic E-state index is 12.5. The largest absolute Gasteiger partial charge is 0.349 e. The van der Waals surface area contributed by atoms with Crippen molar-refractivity contribution >= 4 is 17.5 Å². The molecule has 0 bridgehead atoms. The van der Waals surface area contributed by atoms with E-state index in [1.807, 2.05) is 43.3 Å². The fourth-order valence-corrected chi connectivity index (χ4v) is 2.73. The summed E-state index contributed by atoms with van der Waals surface area (Å²) in [6.07, 6.45) is 3.21. The van der Waals surface area contributed by atoms with Crippen molar-refractivity contribution in [1.29, 1.82) is 0 Å². The zero-order valence-electron chi connectivity index (χ0n) is 15.2. The van der Waals surface area contributed by atoms with E-state index in [1.165, 1.54) is 13.3 Å². The van der Waals surface area contributed by atoms with Crippen LogP contribution >= 0.6 is 0 Å². The number of nitrogens with one attached hydrogen (secondary N) is 2. The van der Waals surface area contributed by atoms with E-state index >= 15 is 0 Å². The van der Waals surface area contributed by atoms with E-state index in [4.69, 9.17) is 0 Å². The summed E-state index contributed by atoms with van der Waals surface area (Å²) in [7, 11) is 0. The molecule has 2 amide bonds. The Hall–Kier alpha value is -3.48. The first-order valence-electron chi connectivity index (χ1n) is 8.60. The lowest BCUT2D eigenvalue weighted by Gasteiger charge is -2.18. The molecule has 2 aromatic carbocycles. The zero-order valence-corrected chi connectivity index (χ0v) is 15.2. The van der Waals surface area contributed by atoms with Crippen LogP contribution in [0.4, 0.5) is 5.69 Å². The van der Waals surface area contributed by atoms with Crippen LogP contribution in [0.1, 0.15) is 30.5 Å². The van der Waals surface area contributed by atoms with E-state index in [1.54, 1.807) is 23.1 Å². The Bertz CT molecular complexity index is 903. The third-order valence-electron chi connectivity index (χ3n) is 4.08. The molecule has 3 aromatic rings. The van der Waals surface area contributed by atoms with Crippen LogP contribution in [0.25, 0.3) is 5.69 Å². The maximum atomic E-state index is 12.5. The Labute approximate surface area is 157 Å². The molecule has 0 fully saturated rings. The molecule has 1 atom stereocenters. The molecule has 0 saturated heterocycles. The molecule has 7 nitrogen and oxygen atoms in total. The number of aryl methyl sites for hydroxylation is 1. The van der Waals surface area contributed by atoms with Gasteiger partial charge in [0, 0.05) is 12.6 Å². The van der Waals surface area contributed by atoms with Crippen LogP contribution in [-0.4, -0.2) is 26.6 Å². The van der Waals surface area contributed by atoms with Crippen molar-refractivity contribution in [2.75, 3.05) is 5.32 Å². The number of carbonyl (C=O) groups is 2. The lowest BCUT2D eigenvalue weighted by atomic mass is 10.0. The number of amides is 2. The summed E-state index contributed by atoms with van der Waals surface area (Å²) >= 11 is 0. The molecule has 0 spiro atoms. The van der Waals surface area contributed by atoms with E-state index in [-0.39, 0.29) is 24.3 Å². The Kier molecular flexibility index (Phi) is 5.61. The number of hydrogen-bond acceptors (Lipinski definition) is 4. The highest BCUT2D eigenvalue weighted by Crippen LogP contribution is 2.19. The lowest BCUT2D eigenvalue weighted by Crippen LogP contribution is -2.29. The highest BCUT2D eigenvalue weighted by molar-refractivity contribution is 5.91. The number of nitrogens with zero attached hydrogens (tertiary/aromatic N) is 3. The Balaban J connectivity index is 1.66. The SMILES string of the molecule is CC(=O)NC(CC(=O)Nc1ccc(-n2cncn2)cc1)c1ccc(C)cc1. The van der Waals surface area contributed by atoms with Gasteiger partial charge in [0.25, 0.3) is 0 Å². The summed E-state index contributed by atoms with van der Waals surface area (Å²) in [6.45, 7) is 3.44. The van der Waals surface area contributed by atoms with Crippen molar-refractivity contribution in [2.45, 2.75) is 26.3 Å². The average molecular weight is 363 g/mol. The van der Waals surface area contributed by atoms with E-state index < -0.39 is 0 Å². The van der Waals surface area contributed by atoms with E-state index in [9.17, 15) is 9.59 Å². The molecule has 7 heteroatoms. The van der Waals surface area contributed by atoms with Crippen LogP contribution in [0, 0.1) is 6.92 Å². The number of carbonyl (C=O) groups excluding carboxylic acids is 2. The summed E-state index contributed by atoms with van der Waals surface area (Å²) < 4.78 is 1.63. The minimum atomic E-state index is -0.377. The van der Waals surface area contributed by atoms with Gasteiger partial charge in [0.2, 0.25) is 11.8 Å². The Morgan fingerprint density at radius 2 is 1.78 bits per heavy atom. The minimum Gasteiger partial charge on any atom is -0.349 e. The van der Waals surface area contributed by atoms with Crippen LogP contribution < -0.4 is 10.6 Å². The van der Waals surface area contributed by atoms with Crippen LogP contribution in [0.2, 0.25) is 0 Å². The normalized spacial score (nSPS) is 11.6. The number of aromatic nitrogens is 3. The van der Waals surface area contributed by atoms with Crippen molar-refractivity contribution in [3.05, 3.63) is 72.3 Å². The monoisotopic (exact) mass is 363 g/mol. The molecular weight excluding hydrogens is 342 g/mol. The molecule has 138 valence electrons. The van der Waals surface area contributed by atoms with Gasteiger partial charge in [-0.1, -0.05) is 29.8 Å². The van der Waals surface area contributed by atoms with Gasteiger partial charge < -0.3 is 10.6 Å². The van der Waals surface area contributed by atoms with Gasteiger partial charge in [-0.05, 0) is 36.8 Å². The number of rotatable bonds is 6. The van der Waals surface area contributed by atoms with E-state index in [0.29, 0.717) is 5.69 Å². The number of hydrogen-bond donors (Lipinski definition) is 2. The summed E-state index contributed by atoms with van der Waals surface area (Å²) in [5, 5.41) is 9.77. The lowest BCUT2D eigenvalue weighted by molar-refractivity contribution is -0.120. The fourth-order valence-electron chi connectivity index (χ4n) is 2.73. The van der Waals surface area contributed by atoms with Gasteiger partial charge in [-0.15, -0.1) is 0 Å². The molecule has 0 aliphatic carbocycles. The first kappa shape index (κ1) is 18.3. The summed E-state index contributed by atoms with van der Waals surface area (Å²) in [6, 6.07) is 14.7. The molecule has 2 N–H and O–H groups in total. The highest BCUT2D eigenvalue weighted by atomic mass is 16.2. The van der Waals surface area contributed by atoms with Gasteiger partial charge in [-0.25, -0.2) is 9.67 Å². The molecule has 1 aromatic heterocycles. The van der Waals surface area contributed by atoms with Crippen molar-refractivity contribution in [1.82, 2.24) is 20.1 Å². The van der Waals surface area contributed by atoms with Gasteiger partial charge in [0.15, 0.2) is 0 Å². The van der Waals surface area contributed by atoms with E-state index in [0.717, 1.165) is 16.8 Å². The van der Waals surface area contributed by atoms with Gasteiger partial charge in [0.05, 0.1) is 18.2 Å². The third-order valence-corrected chi connectivity index (χ3v) is 4.08. The first-order valence-corrected chi connectivity index (χ1v) is 8.60. The van der Waals surface area contributed by atoms with Crippen molar-refractivity contribution in [3.8, 4) is 5.69 Å². The number of benzene rings is 2. The highest BCUT2D eigenvalue weighted by Gasteiger charge is 2.17. The van der Waals surface area contributed by atoms with Gasteiger partial charge in [-0.2, -0.15) is 5.10 Å². The maximum Gasteiger partial charge on any atom is 0.226 e. The van der Waals surface area contributed by atoms with Gasteiger partial charge in [0.1, 0.15) is 12.7 Å². The number of anilines is 1. The van der Waals surface area contributed by atoms with Gasteiger partial charge >= 0.3 is 0 Å². The molecule has 3 rings (SSSR count). The summed E-state index contributed by atoms with van der Waals surface area (Å²) in [5.41, 5.74) is 3.54. The minimum absolute atomic E-state index is 0.146. The summed E-state index contributed by atoms with van der Waals surface area (Å²) in [4.78, 5) is 27.9. The molecule has 0 saturated carbocycles. The second-order valence-corrected chi connectivity index (χ2v) is 6.30. The second kappa shape index (κ2) is 8.27. The Morgan fingerprint density at radius 3 is 2.37 bits per heavy atom.